The zero-order valence-corrected chi connectivity index (χ0v) is 9.36. The van der Waals surface area contributed by atoms with E-state index in [0.717, 1.165) is 11.4 Å². The zero-order chi connectivity index (χ0) is 11.4. The van der Waals surface area contributed by atoms with E-state index < -0.39 is 0 Å². The van der Waals surface area contributed by atoms with Gasteiger partial charge in [-0.25, -0.2) is 0 Å². The standard InChI is InChI=1S/C10H17N3O2/c1-7-6-9(12-13(7)2)8(11)4-5-10(14)15-3/h6,8H,4-5,11H2,1-3H3. The second-order valence-electron chi connectivity index (χ2n) is 3.56. The molecule has 0 fully saturated rings. The maximum Gasteiger partial charge on any atom is 0.305 e. The molecule has 1 unspecified atom stereocenters. The highest BCUT2D eigenvalue weighted by molar-refractivity contribution is 5.69. The smallest absolute Gasteiger partial charge is 0.305 e. The van der Waals surface area contributed by atoms with Crippen LogP contribution >= 0.6 is 0 Å². The van der Waals surface area contributed by atoms with Gasteiger partial charge in [-0.05, 0) is 19.4 Å². The molecule has 0 spiro atoms. The molecule has 0 bridgehead atoms. The highest BCUT2D eigenvalue weighted by Crippen LogP contribution is 2.15. The molecule has 5 heteroatoms. The van der Waals surface area contributed by atoms with Crippen molar-refractivity contribution >= 4 is 5.97 Å². The lowest BCUT2D eigenvalue weighted by molar-refractivity contribution is -0.140. The maximum atomic E-state index is 10.9. The Balaban J connectivity index is 2.53. The van der Waals surface area contributed by atoms with Crippen molar-refractivity contribution in [3.63, 3.8) is 0 Å². The van der Waals surface area contributed by atoms with E-state index in [4.69, 9.17) is 5.73 Å². The number of nitrogens with zero attached hydrogens (tertiary/aromatic N) is 2. The Morgan fingerprint density at radius 3 is 2.87 bits per heavy atom. The van der Waals surface area contributed by atoms with Crippen LogP contribution in [0.25, 0.3) is 0 Å². The van der Waals surface area contributed by atoms with Crippen molar-refractivity contribution in [2.75, 3.05) is 7.11 Å². The Hall–Kier alpha value is -1.36. The van der Waals surface area contributed by atoms with Gasteiger partial charge < -0.3 is 10.5 Å². The second kappa shape index (κ2) is 4.93. The number of carbonyl (C=O) groups excluding carboxylic acids is 1. The summed E-state index contributed by atoms with van der Waals surface area (Å²) in [6.45, 7) is 1.96. The molecule has 0 amide bonds. The largest absolute Gasteiger partial charge is 0.469 e. The van der Waals surface area contributed by atoms with Crippen molar-refractivity contribution in [3.8, 4) is 0 Å². The highest BCUT2D eigenvalue weighted by atomic mass is 16.5. The number of methoxy groups -OCH3 is 1. The molecule has 0 saturated heterocycles. The van der Waals surface area contributed by atoms with Crippen molar-refractivity contribution in [1.29, 1.82) is 0 Å². The van der Waals surface area contributed by atoms with Gasteiger partial charge in [0.2, 0.25) is 0 Å². The van der Waals surface area contributed by atoms with Crippen LogP contribution in [0.5, 0.6) is 0 Å². The van der Waals surface area contributed by atoms with Gasteiger partial charge in [-0.1, -0.05) is 0 Å². The van der Waals surface area contributed by atoms with Crippen LogP contribution in [0.3, 0.4) is 0 Å². The molecule has 84 valence electrons. The number of aryl methyl sites for hydroxylation is 2. The number of esters is 1. The Kier molecular flexibility index (Phi) is 3.85. The molecule has 1 aromatic rings. The van der Waals surface area contributed by atoms with Crippen LogP contribution in [0.4, 0.5) is 0 Å². The molecule has 15 heavy (non-hydrogen) atoms. The number of nitrogens with two attached hydrogens (primary N) is 1. The quantitative estimate of drug-likeness (QED) is 0.743. The number of rotatable bonds is 4. The average molecular weight is 211 g/mol. The van der Waals surface area contributed by atoms with Crippen LogP contribution in [0.1, 0.15) is 30.3 Å². The summed E-state index contributed by atoms with van der Waals surface area (Å²) in [6, 6.07) is 1.73. The number of hydrogen-bond donors (Lipinski definition) is 1. The predicted molar refractivity (Wildman–Crippen MR) is 56.1 cm³/mol. The van der Waals surface area contributed by atoms with E-state index in [-0.39, 0.29) is 12.0 Å². The summed E-state index contributed by atoms with van der Waals surface area (Å²) in [6.07, 6.45) is 0.885. The lowest BCUT2D eigenvalue weighted by Gasteiger charge is -2.06. The van der Waals surface area contributed by atoms with Gasteiger partial charge in [0.05, 0.1) is 12.8 Å². The van der Waals surface area contributed by atoms with Crippen LogP contribution in [0, 0.1) is 6.92 Å². The first-order valence-electron chi connectivity index (χ1n) is 4.87. The Morgan fingerprint density at radius 2 is 2.40 bits per heavy atom. The molecule has 1 rings (SSSR count). The number of aromatic nitrogens is 2. The third kappa shape index (κ3) is 3.06. The zero-order valence-electron chi connectivity index (χ0n) is 9.36. The molecule has 0 aliphatic carbocycles. The van der Waals surface area contributed by atoms with E-state index in [0.29, 0.717) is 12.8 Å². The van der Waals surface area contributed by atoms with E-state index in [1.54, 1.807) is 4.68 Å². The van der Waals surface area contributed by atoms with Crippen molar-refractivity contribution in [2.24, 2.45) is 12.8 Å². The van der Waals surface area contributed by atoms with Crippen LogP contribution < -0.4 is 5.73 Å². The molecule has 1 heterocycles. The fourth-order valence-corrected chi connectivity index (χ4v) is 1.29. The van der Waals surface area contributed by atoms with E-state index in [9.17, 15) is 4.79 Å². The molecule has 0 saturated carbocycles. The molecular formula is C10H17N3O2. The number of carbonyl (C=O) groups is 1. The van der Waals surface area contributed by atoms with Gasteiger partial charge in [0.25, 0.3) is 0 Å². The number of hydrogen-bond acceptors (Lipinski definition) is 4. The van der Waals surface area contributed by atoms with Crippen molar-refractivity contribution in [3.05, 3.63) is 17.5 Å². The summed E-state index contributed by atoms with van der Waals surface area (Å²) in [5.74, 6) is -0.238. The van der Waals surface area contributed by atoms with Crippen LogP contribution in [0.15, 0.2) is 6.07 Å². The minimum Gasteiger partial charge on any atom is -0.469 e. The van der Waals surface area contributed by atoms with E-state index in [2.05, 4.69) is 9.84 Å². The fourth-order valence-electron chi connectivity index (χ4n) is 1.29. The Morgan fingerprint density at radius 1 is 1.73 bits per heavy atom. The van der Waals surface area contributed by atoms with Crippen molar-refractivity contribution in [2.45, 2.75) is 25.8 Å². The van der Waals surface area contributed by atoms with Gasteiger partial charge in [0.15, 0.2) is 0 Å². The summed E-state index contributed by atoms with van der Waals surface area (Å²) >= 11 is 0. The van der Waals surface area contributed by atoms with Gasteiger partial charge >= 0.3 is 5.97 Å². The molecule has 0 aliphatic heterocycles. The van der Waals surface area contributed by atoms with Gasteiger partial charge in [-0.15, -0.1) is 0 Å². The lowest BCUT2D eigenvalue weighted by atomic mass is 10.1. The van der Waals surface area contributed by atoms with Crippen molar-refractivity contribution < 1.29 is 9.53 Å². The Bertz CT molecular complexity index is 327. The van der Waals surface area contributed by atoms with E-state index >= 15 is 0 Å². The maximum absolute atomic E-state index is 10.9. The summed E-state index contributed by atoms with van der Waals surface area (Å²) < 4.78 is 6.32. The molecule has 0 radical (unpaired) electrons. The normalized spacial score (nSPS) is 12.5. The molecule has 1 atom stereocenters. The second-order valence-corrected chi connectivity index (χ2v) is 3.56. The highest BCUT2D eigenvalue weighted by Gasteiger charge is 2.12. The Labute approximate surface area is 89.2 Å². The molecule has 1 aromatic heterocycles. The monoisotopic (exact) mass is 211 g/mol. The van der Waals surface area contributed by atoms with E-state index in [1.807, 2.05) is 20.0 Å². The summed E-state index contributed by atoms with van der Waals surface area (Å²) in [7, 11) is 3.24. The summed E-state index contributed by atoms with van der Waals surface area (Å²) in [5.41, 5.74) is 7.77. The van der Waals surface area contributed by atoms with Crippen LogP contribution in [-0.2, 0) is 16.6 Å². The van der Waals surface area contributed by atoms with Gasteiger partial charge in [0, 0.05) is 25.2 Å². The third-order valence-electron chi connectivity index (χ3n) is 2.40. The first-order chi connectivity index (χ1) is 7.04. The predicted octanol–water partition coefficient (Wildman–Crippen LogP) is 0.682. The van der Waals surface area contributed by atoms with Gasteiger partial charge in [-0.2, -0.15) is 5.10 Å². The minimum atomic E-state index is -0.238. The van der Waals surface area contributed by atoms with Gasteiger partial charge in [-0.3, -0.25) is 9.48 Å². The molecule has 5 nitrogen and oxygen atoms in total. The summed E-state index contributed by atoms with van der Waals surface area (Å²) in [4.78, 5) is 10.9. The number of ether oxygens (including phenoxy) is 1. The molecule has 0 aliphatic rings. The molecule has 2 N–H and O–H groups in total. The van der Waals surface area contributed by atoms with Crippen LogP contribution in [-0.4, -0.2) is 22.9 Å². The topological polar surface area (TPSA) is 70.1 Å². The van der Waals surface area contributed by atoms with Crippen molar-refractivity contribution in [1.82, 2.24) is 9.78 Å². The van der Waals surface area contributed by atoms with E-state index in [1.165, 1.54) is 7.11 Å². The average Bonchev–Trinajstić information content (AvgIpc) is 2.55. The fraction of sp³-hybridized carbons (Fsp3) is 0.600. The van der Waals surface area contributed by atoms with Gasteiger partial charge in [0.1, 0.15) is 0 Å². The third-order valence-corrected chi connectivity index (χ3v) is 2.40. The first-order valence-corrected chi connectivity index (χ1v) is 4.87. The SMILES string of the molecule is COC(=O)CCC(N)c1cc(C)n(C)n1. The molecule has 0 aromatic carbocycles. The summed E-state index contributed by atoms with van der Waals surface area (Å²) in [5, 5.41) is 4.25. The lowest BCUT2D eigenvalue weighted by Crippen LogP contribution is -2.13. The minimum absolute atomic E-state index is 0.205. The van der Waals surface area contributed by atoms with Crippen LogP contribution in [0.2, 0.25) is 0 Å². The molecular weight excluding hydrogens is 194 g/mol. The first kappa shape index (κ1) is 11.7.